The molecule has 1 heterocycles. The lowest BCUT2D eigenvalue weighted by Crippen LogP contribution is -2.34. The Hall–Kier alpha value is -1.21. The molecule has 0 saturated heterocycles. The minimum absolute atomic E-state index is 0.101. The Morgan fingerprint density at radius 1 is 1.53 bits per heavy atom. The largest absolute Gasteiger partial charge is 0.327 e. The third-order valence-electron chi connectivity index (χ3n) is 1.32. The zero-order valence-electron chi connectivity index (χ0n) is 7.91. The van der Waals surface area contributed by atoms with Crippen LogP contribution in [0.25, 0.3) is 0 Å². The first-order chi connectivity index (χ1) is 7.11. The highest BCUT2D eigenvalue weighted by Gasteiger charge is 2.09. The molecule has 82 valence electrons. The zero-order valence-corrected chi connectivity index (χ0v) is 9.48. The van der Waals surface area contributed by atoms with Crippen LogP contribution in [0.5, 0.6) is 0 Å². The van der Waals surface area contributed by atoms with Crippen LogP contribution in [-0.4, -0.2) is 27.2 Å². The van der Waals surface area contributed by atoms with E-state index in [4.69, 9.17) is 11.6 Å². The van der Waals surface area contributed by atoms with Gasteiger partial charge >= 0.3 is 6.03 Å². The zero-order chi connectivity index (χ0) is 11.3. The van der Waals surface area contributed by atoms with Gasteiger partial charge in [0, 0.05) is 23.8 Å². The number of hydrogen-bond donors (Lipinski definition) is 2. The van der Waals surface area contributed by atoms with Crippen LogP contribution in [-0.2, 0) is 4.79 Å². The monoisotopic (exact) mass is 248 g/mol. The molecule has 8 heteroatoms. The number of carbonyl (C=O) groups excluding carboxylic acids is 2. The molecule has 0 radical (unpaired) electrons. The molecule has 15 heavy (non-hydrogen) atoms. The van der Waals surface area contributed by atoms with E-state index >= 15 is 0 Å². The smallest absolute Gasteiger partial charge is 0.282 e. The minimum atomic E-state index is -0.624. The number of urea groups is 1. The highest BCUT2D eigenvalue weighted by Crippen LogP contribution is 2.09. The number of nitrogens with one attached hydrogen (secondary N) is 2. The molecule has 0 spiro atoms. The maximum absolute atomic E-state index is 11.2. The van der Waals surface area contributed by atoms with Crippen molar-refractivity contribution in [2.75, 3.05) is 11.2 Å². The topological polar surface area (TPSA) is 84.0 Å². The molecule has 1 aromatic rings. The Kier molecular flexibility index (Phi) is 4.44. The van der Waals surface area contributed by atoms with Gasteiger partial charge in [0.1, 0.15) is 5.82 Å². The number of aromatic nitrogens is 2. The summed E-state index contributed by atoms with van der Waals surface area (Å²) < 4.78 is 3.87. The standard InChI is InChI=1S/C7H9ClN4O2S/c1-4-9-7(15-12-4)11-6(14)10-5(13)2-3-8/h2-3H2,1H3,(H2,9,10,11,12,13,14). The number of imide groups is 1. The highest BCUT2D eigenvalue weighted by atomic mass is 35.5. The van der Waals surface area contributed by atoms with Gasteiger partial charge < -0.3 is 0 Å². The van der Waals surface area contributed by atoms with Crippen molar-refractivity contribution in [2.45, 2.75) is 13.3 Å². The SMILES string of the molecule is Cc1nsc(NC(=O)NC(=O)CCCl)n1. The van der Waals surface area contributed by atoms with Gasteiger partial charge in [0.25, 0.3) is 0 Å². The summed E-state index contributed by atoms with van der Waals surface area (Å²) in [6.07, 6.45) is 0.101. The van der Waals surface area contributed by atoms with Gasteiger partial charge in [-0.2, -0.15) is 4.37 Å². The van der Waals surface area contributed by atoms with E-state index in [1.54, 1.807) is 6.92 Å². The summed E-state index contributed by atoms with van der Waals surface area (Å²) in [5.41, 5.74) is 0. The lowest BCUT2D eigenvalue weighted by atomic mass is 10.4. The first-order valence-electron chi connectivity index (χ1n) is 4.09. The number of alkyl halides is 1. The predicted octanol–water partition coefficient (Wildman–Crippen LogP) is 1.12. The fraction of sp³-hybridized carbons (Fsp3) is 0.429. The Morgan fingerprint density at radius 2 is 2.27 bits per heavy atom. The number of amides is 3. The normalized spacial score (nSPS) is 9.73. The third-order valence-corrected chi connectivity index (χ3v) is 2.23. The molecule has 3 amide bonds. The number of halogens is 1. The Labute approximate surface area is 95.2 Å². The Balaban J connectivity index is 2.39. The number of anilines is 1. The predicted molar refractivity (Wildman–Crippen MR) is 57.1 cm³/mol. The average molecular weight is 249 g/mol. The second kappa shape index (κ2) is 5.62. The average Bonchev–Trinajstić information content (AvgIpc) is 2.51. The first-order valence-corrected chi connectivity index (χ1v) is 5.39. The molecule has 0 aliphatic carbocycles. The van der Waals surface area contributed by atoms with Crippen molar-refractivity contribution in [3.8, 4) is 0 Å². The maximum atomic E-state index is 11.2. The van der Waals surface area contributed by atoms with Crippen molar-refractivity contribution in [1.29, 1.82) is 0 Å². The van der Waals surface area contributed by atoms with Crippen LogP contribution >= 0.6 is 23.1 Å². The van der Waals surface area contributed by atoms with E-state index in [-0.39, 0.29) is 12.3 Å². The van der Waals surface area contributed by atoms with Crippen molar-refractivity contribution in [2.24, 2.45) is 0 Å². The van der Waals surface area contributed by atoms with Gasteiger partial charge in [-0.1, -0.05) is 0 Å². The molecule has 0 fully saturated rings. The second-order valence-electron chi connectivity index (χ2n) is 2.59. The summed E-state index contributed by atoms with van der Waals surface area (Å²) in [7, 11) is 0. The number of hydrogen-bond acceptors (Lipinski definition) is 5. The van der Waals surface area contributed by atoms with E-state index in [0.29, 0.717) is 11.0 Å². The van der Waals surface area contributed by atoms with Crippen LogP contribution in [0.2, 0.25) is 0 Å². The van der Waals surface area contributed by atoms with Crippen LogP contribution < -0.4 is 10.6 Å². The Morgan fingerprint density at radius 3 is 2.80 bits per heavy atom. The lowest BCUT2D eigenvalue weighted by Gasteiger charge is -2.01. The van der Waals surface area contributed by atoms with Gasteiger partial charge in [-0.25, -0.2) is 9.78 Å². The van der Waals surface area contributed by atoms with Gasteiger partial charge in [-0.3, -0.25) is 15.4 Å². The van der Waals surface area contributed by atoms with E-state index < -0.39 is 11.9 Å². The maximum Gasteiger partial charge on any atom is 0.327 e. The molecule has 0 aromatic carbocycles. The van der Waals surface area contributed by atoms with Crippen molar-refractivity contribution in [3.63, 3.8) is 0 Å². The molecule has 0 aliphatic heterocycles. The molecular formula is C7H9ClN4O2S. The van der Waals surface area contributed by atoms with Gasteiger partial charge in [-0.15, -0.1) is 11.6 Å². The van der Waals surface area contributed by atoms with E-state index in [1.165, 1.54) is 0 Å². The van der Waals surface area contributed by atoms with Crippen LogP contribution in [0, 0.1) is 6.92 Å². The van der Waals surface area contributed by atoms with E-state index in [2.05, 4.69) is 20.0 Å². The molecule has 1 aromatic heterocycles. The van der Waals surface area contributed by atoms with Crippen molar-refractivity contribution >= 4 is 40.2 Å². The fourth-order valence-electron chi connectivity index (χ4n) is 0.751. The van der Waals surface area contributed by atoms with Crippen molar-refractivity contribution < 1.29 is 9.59 Å². The molecule has 2 N–H and O–H groups in total. The summed E-state index contributed by atoms with van der Waals surface area (Å²) >= 11 is 6.38. The summed E-state index contributed by atoms with van der Waals surface area (Å²) in [5, 5.41) is 4.84. The third kappa shape index (κ3) is 4.22. The van der Waals surface area contributed by atoms with Crippen LogP contribution in [0.1, 0.15) is 12.2 Å². The molecular weight excluding hydrogens is 240 g/mol. The summed E-state index contributed by atoms with van der Waals surface area (Å²) in [6.45, 7) is 1.71. The number of aryl methyl sites for hydroxylation is 1. The van der Waals surface area contributed by atoms with Crippen LogP contribution in [0.4, 0.5) is 9.93 Å². The molecule has 6 nitrogen and oxygen atoms in total. The molecule has 0 saturated carbocycles. The number of nitrogens with zero attached hydrogens (tertiary/aromatic N) is 2. The highest BCUT2D eigenvalue weighted by molar-refractivity contribution is 7.09. The Bertz CT molecular complexity index is 368. The first kappa shape index (κ1) is 11.9. The molecule has 0 atom stereocenters. The molecule has 1 rings (SSSR count). The molecule has 0 bridgehead atoms. The summed E-state index contributed by atoms with van der Waals surface area (Å²) in [5.74, 6) is 0.322. The summed E-state index contributed by atoms with van der Waals surface area (Å²) in [4.78, 5) is 26.0. The van der Waals surface area contributed by atoms with Crippen LogP contribution in [0.3, 0.4) is 0 Å². The number of carbonyl (C=O) groups is 2. The molecule has 0 unspecified atom stereocenters. The van der Waals surface area contributed by atoms with Gasteiger partial charge in [0.05, 0.1) is 0 Å². The van der Waals surface area contributed by atoms with Gasteiger partial charge in [0.2, 0.25) is 11.0 Å². The minimum Gasteiger partial charge on any atom is -0.282 e. The number of rotatable bonds is 3. The summed E-state index contributed by atoms with van der Waals surface area (Å²) in [6, 6.07) is -0.624. The fourth-order valence-corrected chi connectivity index (χ4v) is 1.49. The lowest BCUT2D eigenvalue weighted by molar-refractivity contribution is -0.119. The van der Waals surface area contributed by atoms with Crippen LogP contribution in [0.15, 0.2) is 0 Å². The van der Waals surface area contributed by atoms with E-state index in [1.807, 2.05) is 0 Å². The van der Waals surface area contributed by atoms with E-state index in [0.717, 1.165) is 11.5 Å². The van der Waals surface area contributed by atoms with E-state index in [9.17, 15) is 9.59 Å². The second-order valence-corrected chi connectivity index (χ2v) is 3.72. The molecule has 0 aliphatic rings. The van der Waals surface area contributed by atoms with Crippen molar-refractivity contribution in [3.05, 3.63) is 5.82 Å². The van der Waals surface area contributed by atoms with Crippen molar-refractivity contribution in [1.82, 2.24) is 14.7 Å². The van der Waals surface area contributed by atoms with Gasteiger partial charge in [-0.05, 0) is 6.92 Å². The quantitative estimate of drug-likeness (QED) is 0.786. The van der Waals surface area contributed by atoms with Gasteiger partial charge in [0.15, 0.2) is 0 Å².